The summed E-state index contributed by atoms with van der Waals surface area (Å²) in [6.07, 6.45) is 1.37. The number of aryl methyl sites for hydroxylation is 1. The highest BCUT2D eigenvalue weighted by Gasteiger charge is 2.14. The monoisotopic (exact) mass is 260 g/mol. The highest BCUT2D eigenvalue weighted by molar-refractivity contribution is 5.65. The smallest absolute Gasteiger partial charge is 0.146 e. The number of hydrogen-bond donors (Lipinski definition) is 2. The third-order valence-corrected chi connectivity index (χ3v) is 2.87. The van der Waals surface area contributed by atoms with Crippen LogP contribution in [0.4, 0.5) is 21.7 Å². The van der Waals surface area contributed by atoms with E-state index in [2.05, 4.69) is 15.3 Å². The molecule has 0 bridgehead atoms. The molecule has 1 aromatic heterocycles. The van der Waals surface area contributed by atoms with Crippen molar-refractivity contribution >= 4 is 17.3 Å². The lowest BCUT2D eigenvalue weighted by Gasteiger charge is -2.15. The van der Waals surface area contributed by atoms with E-state index in [-0.39, 0.29) is 11.7 Å². The van der Waals surface area contributed by atoms with E-state index < -0.39 is 0 Å². The Morgan fingerprint density at radius 2 is 2.00 bits per heavy atom. The zero-order chi connectivity index (χ0) is 14.0. The summed E-state index contributed by atoms with van der Waals surface area (Å²) < 4.78 is 13.8. The highest BCUT2D eigenvalue weighted by atomic mass is 19.1. The average Bonchev–Trinajstić information content (AvgIpc) is 2.32. The van der Waals surface area contributed by atoms with Gasteiger partial charge in [0.25, 0.3) is 0 Å². The molecule has 2 aromatic rings. The van der Waals surface area contributed by atoms with Gasteiger partial charge in [-0.15, -0.1) is 0 Å². The van der Waals surface area contributed by atoms with Gasteiger partial charge in [0.05, 0.1) is 5.69 Å². The zero-order valence-corrected chi connectivity index (χ0v) is 11.2. The molecule has 1 aromatic carbocycles. The number of rotatable bonds is 3. The van der Waals surface area contributed by atoms with E-state index >= 15 is 0 Å². The topological polar surface area (TPSA) is 63.8 Å². The Labute approximate surface area is 111 Å². The molecule has 2 rings (SSSR count). The van der Waals surface area contributed by atoms with Crippen LogP contribution in [0, 0.1) is 12.7 Å². The second-order valence-electron chi connectivity index (χ2n) is 4.78. The fraction of sp³-hybridized carbons (Fsp3) is 0.286. The molecule has 0 spiro atoms. The summed E-state index contributed by atoms with van der Waals surface area (Å²) in [7, 11) is 0. The predicted octanol–water partition coefficient (Wildman–Crippen LogP) is 3.37. The van der Waals surface area contributed by atoms with E-state index in [0.717, 1.165) is 11.1 Å². The number of nitrogens with zero attached hydrogens (tertiary/aromatic N) is 2. The van der Waals surface area contributed by atoms with Crippen LogP contribution in [0.3, 0.4) is 0 Å². The molecule has 19 heavy (non-hydrogen) atoms. The molecule has 0 aliphatic carbocycles. The Morgan fingerprint density at radius 3 is 2.63 bits per heavy atom. The van der Waals surface area contributed by atoms with Gasteiger partial charge in [-0.1, -0.05) is 19.9 Å². The number of nitrogens with one attached hydrogen (secondary N) is 1. The normalized spacial score (nSPS) is 10.8. The van der Waals surface area contributed by atoms with Crippen molar-refractivity contribution in [2.45, 2.75) is 26.7 Å². The Balaban J connectivity index is 2.41. The van der Waals surface area contributed by atoms with Gasteiger partial charge in [-0.05, 0) is 30.5 Å². The molecule has 0 unspecified atom stereocenters. The summed E-state index contributed by atoms with van der Waals surface area (Å²) >= 11 is 0. The van der Waals surface area contributed by atoms with Gasteiger partial charge < -0.3 is 11.1 Å². The van der Waals surface area contributed by atoms with Gasteiger partial charge in [-0.2, -0.15) is 0 Å². The molecule has 0 aliphatic heterocycles. The minimum atomic E-state index is -0.313. The largest absolute Gasteiger partial charge is 0.383 e. The van der Waals surface area contributed by atoms with Crippen molar-refractivity contribution in [3.05, 3.63) is 41.5 Å². The van der Waals surface area contributed by atoms with Gasteiger partial charge in [0.1, 0.15) is 23.8 Å². The highest BCUT2D eigenvalue weighted by Crippen LogP contribution is 2.29. The number of halogens is 1. The molecule has 100 valence electrons. The molecule has 1 heterocycles. The SMILES string of the molecule is Cc1ccc(Nc2ncnc(N)c2C(C)C)c(F)c1. The van der Waals surface area contributed by atoms with E-state index in [9.17, 15) is 4.39 Å². The first-order valence-electron chi connectivity index (χ1n) is 6.12. The Morgan fingerprint density at radius 1 is 1.26 bits per heavy atom. The van der Waals surface area contributed by atoms with Crippen molar-refractivity contribution in [2.24, 2.45) is 0 Å². The van der Waals surface area contributed by atoms with E-state index in [1.807, 2.05) is 26.8 Å². The molecular weight excluding hydrogens is 243 g/mol. The number of aromatic nitrogens is 2. The number of benzene rings is 1. The number of hydrogen-bond acceptors (Lipinski definition) is 4. The van der Waals surface area contributed by atoms with Crippen LogP contribution in [-0.2, 0) is 0 Å². The number of nitrogen functional groups attached to an aromatic ring is 1. The summed E-state index contributed by atoms with van der Waals surface area (Å²) in [5.41, 5.74) is 7.90. The van der Waals surface area contributed by atoms with Gasteiger partial charge in [-0.25, -0.2) is 14.4 Å². The molecule has 4 nitrogen and oxygen atoms in total. The maximum absolute atomic E-state index is 13.8. The van der Waals surface area contributed by atoms with Crippen molar-refractivity contribution < 1.29 is 4.39 Å². The molecule has 3 N–H and O–H groups in total. The summed E-state index contributed by atoms with van der Waals surface area (Å²) in [5, 5.41) is 2.98. The number of anilines is 3. The van der Waals surface area contributed by atoms with Crippen LogP contribution >= 0.6 is 0 Å². The van der Waals surface area contributed by atoms with Crippen molar-refractivity contribution in [2.75, 3.05) is 11.1 Å². The summed E-state index contributed by atoms with van der Waals surface area (Å²) in [6.45, 7) is 5.83. The lowest BCUT2D eigenvalue weighted by Crippen LogP contribution is -2.07. The van der Waals surface area contributed by atoms with Crippen molar-refractivity contribution in [3.63, 3.8) is 0 Å². The molecular formula is C14H17FN4. The second-order valence-corrected chi connectivity index (χ2v) is 4.78. The molecule has 0 fully saturated rings. The van der Waals surface area contributed by atoms with Crippen LogP contribution in [0.25, 0.3) is 0 Å². The fourth-order valence-corrected chi connectivity index (χ4v) is 1.93. The van der Waals surface area contributed by atoms with Gasteiger partial charge in [0.2, 0.25) is 0 Å². The number of nitrogens with two attached hydrogens (primary N) is 1. The molecule has 0 saturated carbocycles. The minimum Gasteiger partial charge on any atom is -0.383 e. The lowest BCUT2D eigenvalue weighted by molar-refractivity contribution is 0.630. The zero-order valence-electron chi connectivity index (χ0n) is 11.2. The van der Waals surface area contributed by atoms with Crippen LogP contribution in [0.15, 0.2) is 24.5 Å². The van der Waals surface area contributed by atoms with Crippen LogP contribution in [-0.4, -0.2) is 9.97 Å². The lowest BCUT2D eigenvalue weighted by atomic mass is 10.0. The first-order valence-corrected chi connectivity index (χ1v) is 6.12. The van der Waals surface area contributed by atoms with Crippen molar-refractivity contribution in [3.8, 4) is 0 Å². The average molecular weight is 260 g/mol. The van der Waals surface area contributed by atoms with Crippen LogP contribution in [0.5, 0.6) is 0 Å². The Bertz CT molecular complexity index is 596. The third kappa shape index (κ3) is 2.81. The molecule has 5 heteroatoms. The summed E-state index contributed by atoms with van der Waals surface area (Å²) in [4.78, 5) is 8.12. The second kappa shape index (κ2) is 5.22. The summed E-state index contributed by atoms with van der Waals surface area (Å²) in [6, 6.07) is 5.00. The minimum absolute atomic E-state index is 0.150. The molecule has 0 saturated heterocycles. The van der Waals surface area contributed by atoms with Gasteiger partial charge in [0, 0.05) is 5.56 Å². The maximum atomic E-state index is 13.8. The van der Waals surface area contributed by atoms with Crippen molar-refractivity contribution in [1.82, 2.24) is 9.97 Å². The van der Waals surface area contributed by atoms with Gasteiger partial charge in [-0.3, -0.25) is 0 Å². The first kappa shape index (κ1) is 13.3. The van der Waals surface area contributed by atoms with E-state index in [0.29, 0.717) is 17.3 Å². The molecule has 0 radical (unpaired) electrons. The van der Waals surface area contributed by atoms with Crippen molar-refractivity contribution in [1.29, 1.82) is 0 Å². The molecule has 0 amide bonds. The first-order chi connectivity index (χ1) is 8.99. The third-order valence-electron chi connectivity index (χ3n) is 2.87. The van der Waals surface area contributed by atoms with Crippen LogP contribution in [0.1, 0.15) is 30.9 Å². The summed E-state index contributed by atoms with van der Waals surface area (Å²) in [5.74, 6) is 0.800. The van der Waals surface area contributed by atoms with Crippen LogP contribution < -0.4 is 11.1 Å². The van der Waals surface area contributed by atoms with Crippen LogP contribution in [0.2, 0.25) is 0 Å². The molecule has 0 atom stereocenters. The van der Waals surface area contributed by atoms with E-state index in [1.54, 1.807) is 6.07 Å². The van der Waals surface area contributed by atoms with Gasteiger partial charge in [0.15, 0.2) is 0 Å². The van der Waals surface area contributed by atoms with E-state index in [4.69, 9.17) is 5.73 Å². The fourth-order valence-electron chi connectivity index (χ4n) is 1.93. The molecule has 0 aliphatic rings. The van der Waals surface area contributed by atoms with E-state index in [1.165, 1.54) is 12.4 Å². The quantitative estimate of drug-likeness (QED) is 0.888. The van der Waals surface area contributed by atoms with Gasteiger partial charge >= 0.3 is 0 Å². The standard InChI is InChI=1S/C14H17FN4/c1-8(2)12-13(16)17-7-18-14(12)19-11-5-4-9(3)6-10(11)15/h4-8H,1-3H3,(H3,16,17,18,19). The Kier molecular flexibility index (Phi) is 3.64. The predicted molar refractivity (Wildman–Crippen MR) is 75.0 cm³/mol. The Hall–Kier alpha value is -2.17. The maximum Gasteiger partial charge on any atom is 0.146 e.